The SMILES string of the molecule is CCc1noc2ncc(C(=O)N3CCC[C@@H](S(=O)(=O)N4CCOCC4)C3)cc12. The predicted molar refractivity (Wildman–Crippen MR) is 101 cm³/mol. The van der Waals surface area contributed by atoms with Crippen LogP contribution in [0.2, 0.25) is 0 Å². The van der Waals surface area contributed by atoms with Crippen molar-refractivity contribution < 1.29 is 22.5 Å². The lowest BCUT2D eigenvalue weighted by Gasteiger charge is -2.36. The lowest BCUT2D eigenvalue weighted by atomic mass is 10.1. The van der Waals surface area contributed by atoms with Gasteiger partial charge in [0.25, 0.3) is 11.6 Å². The highest BCUT2D eigenvalue weighted by Gasteiger charge is 2.37. The molecule has 0 N–H and O–H groups in total. The number of pyridine rings is 1. The number of piperidine rings is 1. The van der Waals surface area contributed by atoms with Gasteiger partial charge in [-0.05, 0) is 25.3 Å². The van der Waals surface area contributed by atoms with Crippen molar-refractivity contribution in [3.8, 4) is 0 Å². The first-order valence-corrected chi connectivity index (χ1v) is 11.1. The quantitative estimate of drug-likeness (QED) is 0.744. The molecule has 0 saturated carbocycles. The molecule has 4 rings (SSSR count). The van der Waals surface area contributed by atoms with E-state index in [4.69, 9.17) is 9.26 Å². The minimum Gasteiger partial charge on any atom is -0.379 e. The smallest absolute Gasteiger partial charge is 0.257 e. The monoisotopic (exact) mass is 408 g/mol. The molecular weight excluding hydrogens is 384 g/mol. The molecule has 1 amide bonds. The molecule has 2 aliphatic rings. The summed E-state index contributed by atoms with van der Waals surface area (Å²) < 4.78 is 37.9. The Morgan fingerprint density at radius 2 is 2.07 bits per heavy atom. The molecule has 2 fully saturated rings. The van der Waals surface area contributed by atoms with Crippen molar-refractivity contribution in [2.45, 2.75) is 31.4 Å². The van der Waals surface area contributed by atoms with Gasteiger partial charge in [0.2, 0.25) is 10.0 Å². The van der Waals surface area contributed by atoms with Crippen molar-refractivity contribution in [2.24, 2.45) is 0 Å². The Hall–Kier alpha value is -2.04. The van der Waals surface area contributed by atoms with E-state index in [1.165, 1.54) is 10.5 Å². The van der Waals surface area contributed by atoms with E-state index in [-0.39, 0.29) is 12.5 Å². The largest absolute Gasteiger partial charge is 0.379 e. The fourth-order valence-electron chi connectivity index (χ4n) is 3.81. The standard InChI is InChI=1S/C18H24N4O5S/c1-2-16-15-10-13(11-19-17(15)27-20-16)18(23)21-5-3-4-14(12-21)28(24,25)22-6-8-26-9-7-22/h10-11,14H,2-9,12H2,1H3/t14-/m1/s1. The van der Waals surface area contributed by atoms with Gasteiger partial charge in [-0.25, -0.2) is 13.4 Å². The molecule has 0 radical (unpaired) electrons. The average molecular weight is 408 g/mol. The van der Waals surface area contributed by atoms with Crippen LogP contribution in [-0.2, 0) is 21.2 Å². The van der Waals surface area contributed by atoms with Gasteiger partial charge in [0.05, 0.1) is 35.1 Å². The first kappa shape index (κ1) is 19.3. The van der Waals surface area contributed by atoms with E-state index in [2.05, 4.69) is 10.1 Å². The zero-order chi connectivity index (χ0) is 19.7. The lowest BCUT2D eigenvalue weighted by Crippen LogP contribution is -2.51. The number of amides is 1. The number of nitrogens with zero attached hydrogens (tertiary/aromatic N) is 4. The highest BCUT2D eigenvalue weighted by Crippen LogP contribution is 2.24. The summed E-state index contributed by atoms with van der Waals surface area (Å²) in [6.45, 7) is 4.27. The fraction of sp³-hybridized carbons (Fsp3) is 0.611. The molecule has 0 aromatic carbocycles. The van der Waals surface area contributed by atoms with Crippen LogP contribution in [0, 0.1) is 0 Å². The Kier molecular flexibility index (Phi) is 5.35. The molecule has 2 aliphatic heterocycles. The predicted octanol–water partition coefficient (Wildman–Crippen LogP) is 1.05. The van der Waals surface area contributed by atoms with Crippen molar-refractivity contribution in [1.29, 1.82) is 0 Å². The van der Waals surface area contributed by atoms with Crippen LogP contribution in [0.15, 0.2) is 16.8 Å². The van der Waals surface area contributed by atoms with Crippen LogP contribution >= 0.6 is 0 Å². The molecular formula is C18H24N4O5S. The number of sulfonamides is 1. The first-order valence-electron chi connectivity index (χ1n) is 9.61. The number of hydrogen-bond acceptors (Lipinski definition) is 7. The summed E-state index contributed by atoms with van der Waals surface area (Å²) in [7, 11) is -3.45. The van der Waals surface area contributed by atoms with E-state index < -0.39 is 15.3 Å². The molecule has 4 heterocycles. The number of aromatic nitrogens is 2. The zero-order valence-electron chi connectivity index (χ0n) is 15.8. The van der Waals surface area contributed by atoms with Crippen LogP contribution in [0.5, 0.6) is 0 Å². The molecule has 10 heteroatoms. The normalized spacial score (nSPS) is 21.9. The van der Waals surface area contributed by atoms with Gasteiger partial charge in [-0.1, -0.05) is 12.1 Å². The van der Waals surface area contributed by atoms with E-state index in [1.54, 1.807) is 11.0 Å². The number of rotatable bonds is 4. The molecule has 0 spiro atoms. The molecule has 2 aromatic rings. The Morgan fingerprint density at radius 1 is 1.29 bits per heavy atom. The number of hydrogen-bond donors (Lipinski definition) is 0. The van der Waals surface area contributed by atoms with Gasteiger partial charge >= 0.3 is 0 Å². The van der Waals surface area contributed by atoms with Crippen LogP contribution in [0.3, 0.4) is 0 Å². The average Bonchev–Trinajstić information content (AvgIpc) is 3.16. The van der Waals surface area contributed by atoms with E-state index in [1.807, 2.05) is 6.92 Å². The van der Waals surface area contributed by atoms with Gasteiger partial charge in [-0.2, -0.15) is 4.31 Å². The number of carbonyl (C=O) groups is 1. The van der Waals surface area contributed by atoms with Crippen LogP contribution < -0.4 is 0 Å². The molecule has 152 valence electrons. The minimum atomic E-state index is -3.45. The molecule has 0 bridgehead atoms. The number of morpholine rings is 1. The van der Waals surface area contributed by atoms with E-state index in [0.717, 1.165) is 11.1 Å². The summed E-state index contributed by atoms with van der Waals surface area (Å²) in [5, 5.41) is 4.11. The summed E-state index contributed by atoms with van der Waals surface area (Å²) in [4.78, 5) is 18.8. The Bertz CT molecular complexity index is 968. The summed E-state index contributed by atoms with van der Waals surface area (Å²) in [5.41, 5.74) is 1.58. The number of carbonyl (C=O) groups excluding carboxylic acids is 1. The van der Waals surface area contributed by atoms with Gasteiger partial charge < -0.3 is 14.2 Å². The van der Waals surface area contributed by atoms with Gasteiger partial charge in [0.1, 0.15) is 0 Å². The van der Waals surface area contributed by atoms with Gasteiger partial charge in [0.15, 0.2) is 0 Å². The van der Waals surface area contributed by atoms with Crippen LogP contribution in [0.25, 0.3) is 11.1 Å². The molecule has 0 unspecified atom stereocenters. The third kappa shape index (κ3) is 3.51. The minimum absolute atomic E-state index is 0.195. The maximum absolute atomic E-state index is 13.0. The number of ether oxygens (including phenoxy) is 1. The van der Waals surface area contributed by atoms with Gasteiger partial charge in [-0.3, -0.25) is 4.79 Å². The van der Waals surface area contributed by atoms with Crippen molar-refractivity contribution in [2.75, 3.05) is 39.4 Å². The molecule has 2 saturated heterocycles. The van der Waals surface area contributed by atoms with Gasteiger partial charge in [-0.15, -0.1) is 0 Å². The second kappa shape index (κ2) is 7.76. The molecule has 28 heavy (non-hydrogen) atoms. The molecule has 0 aliphatic carbocycles. The molecule has 1 atom stereocenters. The van der Waals surface area contributed by atoms with E-state index in [9.17, 15) is 13.2 Å². The lowest BCUT2D eigenvalue weighted by molar-refractivity contribution is 0.0685. The Balaban J connectivity index is 1.53. The summed E-state index contributed by atoms with van der Waals surface area (Å²) in [6.07, 6.45) is 3.36. The number of likely N-dealkylation sites (tertiary alicyclic amines) is 1. The Morgan fingerprint density at radius 3 is 2.82 bits per heavy atom. The molecule has 2 aromatic heterocycles. The number of aryl methyl sites for hydroxylation is 1. The summed E-state index contributed by atoms with van der Waals surface area (Å²) in [5.74, 6) is -0.209. The van der Waals surface area contributed by atoms with Crippen molar-refractivity contribution >= 4 is 27.0 Å². The van der Waals surface area contributed by atoms with Crippen LogP contribution in [0.4, 0.5) is 0 Å². The Labute approximate surface area is 163 Å². The van der Waals surface area contributed by atoms with E-state index >= 15 is 0 Å². The molecule has 9 nitrogen and oxygen atoms in total. The fourth-order valence-corrected chi connectivity index (χ4v) is 5.72. The summed E-state index contributed by atoms with van der Waals surface area (Å²) >= 11 is 0. The second-order valence-corrected chi connectivity index (χ2v) is 9.34. The van der Waals surface area contributed by atoms with Crippen molar-refractivity contribution in [3.05, 3.63) is 23.5 Å². The maximum Gasteiger partial charge on any atom is 0.257 e. The zero-order valence-corrected chi connectivity index (χ0v) is 16.7. The maximum atomic E-state index is 13.0. The third-order valence-electron chi connectivity index (χ3n) is 5.40. The second-order valence-electron chi connectivity index (χ2n) is 7.13. The highest BCUT2D eigenvalue weighted by molar-refractivity contribution is 7.89. The van der Waals surface area contributed by atoms with Crippen molar-refractivity contribution in [3.63, 3.8) is 0 Å². The van der Waals surface area contributed by atoms with Crippen molar-refractivity contribution in [1.82, 2.24) is 19.3 Å². The van der Waals surface area contributed by atoms with Gasteiger partial charge in [0, 0.05) is 32.4 Å². The highest BCUT2D eigenvalue weighted by atomic mass is 32.2. The summed E-state index contributed by atoms with van der Waals surface area (Å²) in [6, 6.07) is 1.74. The third-order valence-corrected chi connectivity index (χ3v) is 7.71. The van der Waals surface area contributed by atoms with E-state index in [0.29, 0.717) is 63.4 Å². The van der Waals surface area contributed by atoms with Crippen LogP contribution in [0.1, 0.15) is 35.8 Å². The topological polar surface area (TPSA) is 106 Å². The first-order chi connectivity index (χ1) is 13.5. The number of fused-ring (bicyclic) bond motifs is 1. The van der Waals surface area contributed by atoms with Crippen LogP contribution in [-0.4, -0.2) is 78.3 Å².